The molecule has 1 aromatic heterocycles. The average Bonchev–Trinajstić information content (AvgIpc) is 3.26. The Kier molecular flexibility index (Phi) is 12.2. The number of benzene rings is 12. The normalized spacial score (nSPS) is 14.8. The smallest absolute Gasteiger partial charge is 0.0541 e. The van der Waals surface area contributed by atoms with Gasteiger partial charge in [-0.25, -0.2) is 0 Å². The fraction of sp³-hybridized carbons (Fsp3) is 0.0488. The van der Waals surface area contributed by atoms with Crippen molar-refractivity contribution in [2.75, 3.05) is 0 Å². The molecule has 1 heteroatoms. The summed E-state index contributed by atoms with van der Waals surface area (Å²) in [6, 6.07) is 95.0. The van der Waals surface area contributed by atoms with Gasteiger partial charge < -0.3 is 4.57 Å². The third kappa shape index (κ3) is 8.81. The molecule has 0 spiro atoms. The molecule has 0 fully saturated rings. The summed E-state index contributed by atoms with van der Waals surface area (Å²) in [6.07, 6.45) is 15.8. The molecule has 2 aliphatic carbocycles. The first kappa shape index (κ1) is 49.7. The molecule has 0 N–H and O–H groups in total. The van der Waals surface area contributed by atoms with E-state index < -0.39 is 0 Å². The van der Waals surface area contributed by atoms with Gasteiger partial charge in [-0.3, -0.25) is 0 Å². The Balaban J connectivity index is 0.788. The molecule has 0 radical (unpaired) electrons. The van der Waals surface area contributed by atoms with Gasteiger partial charge in [0.2, 0.25) is 0 Å². The molecule has 0 unspecified atom stereocenters. The van der Waals surface area contributed by atoms with Gasteiger partial charge in [-0.1, -0.05) is 275 Å². The lowest BCUT2D eigenvalue weighted by Crippen LogP contribution is -2.15. The summed E-state index contributed by atoms with van der Waals surface area (Å²) in [5, 5.41) is 7.52. The van der Waals surface area contributed by atoms with E-state index in [1.807, 2.05) is 0 Å². The van der Waals surface area contributed by atoms with Gasteiger partial charge in [0, 0.05) is 21.9 Å². The number of hydrogen-bond donors (Lipinski definition) is 0. The van der Waals surface area contributed by atoms with Gasteiger partial charge in [-0.15, -0.1) is 0 Å². The van der Waals surface area contributed by atoms with Crippen LogP contribution >= 0.6 is 0 Å². The lowest BCUT2D eigenvalue weighted by atomic mass is 9.81. The molecule has 1 heterocycles. The van der Waals surface area contributed by atoms with Crippen LogP contribution < -0.4 is 0 Å². The van der Waals surface area contributed by atoms with Crippen LogP contribution in [0.5, 0.6) is 0 Å². The van der Waals surface area contributed by atoms with Gasteiger partial charge >= 0.3 is 0 Å². The van der Waals surface area contributed by atoms with E-state index in [4.69, 9.17) is 0 Å². The van der Waals surface area contributed by atoms with Gasteiger partial charge in [-0.2, -0.15) is 0 Å². The summed E-state index contributed by atoms with van der Waals surface area (Å²) in [4.78, 5) is 0. The predicted molar refractivity (Wildman–Crippen MR) is 355 cm³/mol. The minimum Gasteiger partial charge on any atom is -0.309 e. The second-order valence-electron chi connectivity index (χ2n) is 22.8. The van der Waals surface area contributed by atoms with Crippen molar-refractivity contribution in [3.8, 4) is 83.6 Å². The molecule has 0 saturated carbocycles. The predicted octanol–water partition coefficient (Wildman–Crippen LogP) is 22.4. The van der Waals surface area contributed by atoms with E-state index in [0.717, 1.165) is 28.8 Å². The summed E-state index contributed by atoms with van der Waals surface area (Å²) in [6.45, 7) is 9.18. The minimum atomic E-state index is -0.216. The standard InChI is InChI=1S/C82H59N/c1-54-16-8-6-4-5-7-9-21-69(54)63-38-34-57(35-39-63)55-26-30-59(31-27-55)65-43-48-80-76(50-65)77-51-66(60-32-28-56(29-33-60)58-36-40-64(41-37-58)72-24-14-19-61-17-10-12-22-70(61)72)44-49-81(77)83(80)68-45-47-75-74-46-42-67(52-78(74)82(2,3)79(75)53-68)73-25-15-20-62-18-11-13-23-71(62)73/h4,6-53H,1,5H2,2-3H3/b6-4-,9-7-,16-8-,69-21?. The Bertz CT molecular complexity index is 4850. The Hall–Kier alpha value is -10.3. The maximum absolute atomic E-state index is 4.38. The van der Waals surface area contributed by atoms with E-state index in [0.29, 0.717) is 0 Å². The fourth-order valence-electron chi connectivity index (χ4n) is 13.2. The van der Waals surface area contributed by atoms with Crippen molar-refractivity contribution < 1.29 is 0 Å². The Morgan fingerprint density at radius 2 is 0.771 bits per heavy atom. The van der Waals surface area contributed by atoms with Crippen molar-refractivity contribution in [2.24, 2.45) is 0 Å². The number of nitrogens with zero attached hydrogens (tertiary/aromatic N) is 1. The Morgan fingerprint density at radius 3 is 1.34 bits per heavy atom. The van der Waals surface area contributed by atoms with Crippen molar-refractivity contribution in [1.82, 2.24) is 4.57 Å². The van der Waals surface area contributed by atoms with E-state index in [-0.39, 0.29) is 5.41 Å². The molecule has 83 heavy (non-hydrogen) atoms. The molecule has 0 atom stereocenters. The van der Waals surface area contributed by atoms with Crippen molar-refractivity contribution in [3.63, 3.8) is 0 Å². The largest absolute Gasteiger partial charge is 0.309 e. The van der Waals surface area contributed by atoms with Gasteiger partial charge in [0.05, 0.1) is 11.0 Å². The number of hydrogen-bond acceptors (Lipinski definition) is 0. The number of allylic oxidation sites excluding steroid dienone is 9. The Morgan fingerprint density at radius 1 is 0.337 bits per heavy atom. The number of fused-ring (bicyclic) bond motifs is 8. The molecule has 13 aromatic rings. The first-order valence-electron chi connectivity index (χ1n) is 29.0. The molecule has 0 saturated heterocycles. The van der Waals surface area contributed by atoms with Crippen molar-refractivity contribution in [3.05, 3.63) is 326 Å². The van der Waals surface area contributed by atoms with Crippen LogP contribution in [0.4, 0.5) is 0 Å². The highest BCUT2D eigenvalue weighted by atomic mass is 15.0. The zero-order valence-electron chi connectivity index (χ0n) is 46.7. The average molecular weight is 1060 g/mol. The molecule has 15 rings (SSSR count). The first-order chi connectivity index (χ1) is 40.8. The highest BCUT2D eigenvalue weighted by Crippen LogP contribution is 2.51. The maximum Gasteiger partial charge on any atom is 0.0541 e. The molecule has 392 valence electrons. The molecular formula is C82H59N. The molecule has 2 aliphatic rings. The fourth-order valence-corrected chi connectivity index (χ4v) is 13.2. The zero-order chi connectivity index (χ0) is 55.6. The summed E-state index contributed by atoms with van der Waals surface area (Å²) in [5.74, 6) is 0. The molecule has 0 bridgehead atoms. The van der Waals surface area contributed by atoms with Crippen LogP contribution in [0.1, 0.15) is 37.0 Å². The number of rotatable bonds is 8. The van der Waals surface area contributed by atoms with Crippen LogP contribution in [0, 0.1) is 0 Å². The number of aromatic nitrogens is 1. The summed E-state index contributed by atoms with van der Waals surface area (Å²) in [7, 11) is 0. The van der Waals surface area contributed by atoms with Crippen LogP contribution in [0.2, 0.25) is 0 Å². The SMILES string of the molecule is C=C1/C=C\C=C/C/C=C\C=C1c1ccc(-c2ccc(-c3ccc4c(c3)c3cc(-c5ccc(-c6ccc(-c7cccc8ccccc78)cc6)cc5)ccc3n4-c3ccc4c(c3)C(C)(C)c3cc(-c5cccc6ccccc56)ccc3-4)cc2)cc1. The highest BCUT2D eigenvalue weighted by molar-refractivity contribution is 6.12. The van der Waals surface area contributed by atoms with E-state index in [9.17, 15) is 0 Å². The van der Waals surface area contributed by atoms with E-state index in [2.05, 4.69) is 322 Å². The monoisotopic (exact) mass is 1060 g/mol. The summed E-state index contributed by atoms with van der Waals surface area (Å²) < 4.78 is 2.49. The van der Waals surface area contributed by atoms with E-state index in [1.54, 1.807) is 0 Å². The van der Waals surface area contributed by atoms with Gasteiger partial charge in [0.25, 0.3) is 0 Å². The van der Waals surface area contributed by atoms with Gasteiger partial charge in [0.15, 0.2) is 0 Å². The van der Waals surface area contributed by atoms with Crippen molar-refractivity contribution in [1.29, 1.82) is 0 Å². The third-order valence-electron chi connectivity index (χ3n) is 17.6. The van der Waals surface area contributed by atoms with Gasteiger partial charge in [-0.05, 0) is 176 Å². The summed E-state index contributed by atoms with van der Waals surface area (Å²) in [5.41, 5.74) is 26.4. The van der Waals surface area contributed by atoms with E-state index >= 15 is 0 Å². The van der Waals surface area contributed by atoms with Crippen molar-refractivity contribution >= 4 is 48.9 Å². The highest BCUT2D eigenvalue weighted by Gasteiger charge is 2.36. The quantitative estimate of drug-likeness (QED) is 0.143. The zero-order valence-corrected chi connectivity index (χ0v) is 46.7. The van der Waals surface area contributed by atoms with E-state index in [1.165, 1.54) is 132 Å². The minimum absolute atomic E-state index is 0.216. The molecule has 12 aromatic carbocycles. The molecule has 1 nitrogen and oxygen atoms in total. The molecular weight excluding hydrogens is 999 g/mol. The third-order valence-corrected chi connectivity index (χ3v) is 17.6. The molecule has 0 aliphatic heterocycles. The topological polar surface area (TPSA) is 4.93 Å². The van der Waals surface area contributed by atoms with Crippen molar-refractivity contribution in [2.45, 2.75) is 25.7 Å². The second-order valence-corrected chi connectivity index (χ2v) is 22.8. The Labute approximate surface area is 486 Å². The molecule has 0 amide bonds. The van der Waals surface area contributed by atoms with Crippen LogP contribution in [-0.4, -0.2) is 4.57 Å². The van der Waals surface area contributed by atoms with Crippen LogP contribution in [-0.2, 0) is 5.41 Å². The lowest BCUT2D eigenvalue weighted by Gasteiger charge is -2.23. The van der Waals surface area contributed by atoms with Crippen LogP contribution in [0.3, 0.4) is 0 Å². The second kappa shape index (κ2) is 20.3. The summed E-state index contributed by atoms with van der Waals surface area (Å²) >= 11 is 0. The lowest BCUT2D eigenvalue weighted by molar-refractivity contribution is 0.660. The van der Waals surface area contributed by atoms with Crippen LogP contribution in [0.25, 0.3) is 132 Å². The maximum atomic E-state index is 4.38. The van der Waals surface area contributed by atoms with Gasteiger partial charge in [0.1, 0.15) is 0 Å². The first-order valence-corrected chi connectivity index (χ1v) is 29.0. The van der Waals surface area contributed by atoms with Crippen LogP contribution in [0.15, 0.2) is 309 Å².